The van der Waals surface area contributed by atoms with E-state index in [-0.39, 0.29) is 5.91 Å². The number of hydrogen-bond acceptors (Lipinski definition) is 3. The Labute approximate surface area is 134 Å². The third kappa shape index (κ3) is 3.80. The highest BCUT2D eigenvalue weighted by molar-refractivity contribution is 5.78. The number of carbonyl (C=O) groups is 1. The Morgan fingerprint density at radius 2 is 1.73 bits per heavy atom. The van der Waals surface area contributed by atoms with Crippen LogP contribution >= 0.6 is 0 Å². The Morgan fingerprint density at radius 3 is 2.32 bits per heavy atom. The zero-order valence-electron chi connectivity index (χ0n) is 14.4. The van der Waals surface area contributed by atoms with Crippen molar-refractivity contribution in [3.63, 3.8) is 0 Å². The number of piperazine rings is 1. The highest BCUT2D eigenvalue weighted by Crippen LogP contribution is 2.23. The molecule has 0 saturated carbocycles. The minimum atomic E-state index is 0.255. The quantitative estimate of drug-likeness (QED) is 0.835. The third-order valence-corrected chi connectivity index (χ3v) is 4.76. The van der Waals surface area contributed by atoms with Crippen LogP contribution in [0.3, 0.4) is 0 Å². The van der Waals surface area contributed by atoms with E-state index < -0.39 is 0 Å². The summed E-state index contributed by atoms with van der Waals surface area (Å²) in [5.41, 5.74) is 4.06. The van der Waals surface area contributed by atoms with Crippen LogP contribution in [0.4, 0.5) is 5.69 Å². The van der Waals surface area contributed by atoms with Gasteiger partial charge in [0.05, 0.1) is 6.54 Å². The second kappa shape index (κ2) is 7.63. The molecule has 0 radical (unpaired) electrons. The summed E-state index contributed by atoms with van der Waals surface area (Å²) in [6, 6.07) is 6.50. The molecule has 4 nitrogen and oxygen atoms in total. The zero-order chi connectivity index (χ0) is 16.1. The summed E-state index contributed by atoms with van der Waals surface area (Å²) in [5.74, 6) is 0.255. The number of carbonyl (C=O) groups excluding carboxylic acids is 1. The molecule has 1 aliphatic heterocycles. The topological polar surface area (TPSA) is 26.8 Å². The first kappa shape index (κ1) is 16.8. The van der Waals surface area contributed by atoms with Crippen molar-refractivity contribution >= 4 is 11.6 Å². The van der Waals surface area contributed by atoms with Crippen molar-refractivity contribution in [3.8, 4) is 0 Å². The van der Waals surface area contributed by atoms with Crippen LogP contribution < -0.4 is 4.90 Å². The maximum Gasteiger partial charge on any atom is 0.236 e. The number of benzene rings is 1. The van der Waals surface area contributed by atoms with Gasteiger partial charge in [0.1, 0.15) is 0 Å². The molecule has 1 amide bonds. The summed E-state index contributed by atoms with van der Waals surface area (Å²) in [4.78, 5) is 18.8. The molecule has 1 aromatic carbocycles. The molecule has 1 aromatic rings. The largest absolute Gasteiger partial charge is 0.369 e. The molecule has 22 heavy (non-hydrogen) atoms. The average molecular weight is 303 g/mol. The highest BCUT2D eigenvalue weighted by atomic mass is 16.2. The fourth-order valence-corrected chi connectivity index (χ4v) is 3.09. The van der Waals surface area contributed by atoms with Gasteiger partial charge in [0.2, 0.25) is 5.91 Å². The average Bonchev–Trinajstić information content (AvgIpc) is 2.52. The van der Waals surface area contributed by atoms with Gasteiger partial charge in [-0.15, -0.1) is 0 Å². The van der Waals surface area contributed by atoms with Crippen LogP contribution in [-0.2, 0) is 4.79 Å². The Morgan fingerprint density at radius 1 is 1.09 bits per heavy atom. The smallest absolute Gasteiger partial charge is 0.236 e. The van der Waals surface area contributed by atoms with E-state index in [2.05, 4.69) is 41.8 Å². The van der Waals surface area contributed by atoms with Crippen molar-refractivity contribution in [2.75, 3.05) is 50.7 Å². The van der Waals surface area contributed by atoms with Gasteiger partial charge in [-0.25, -0.2) is 0 Å². The molecule has 1 aliphatic rings. The number of aryl methyl sites for hydroxylation is 1. The maximum atomic E-state index is 12.2. The van der Waals surface area contributed by atoms with Crippen molar-refractivity contribution in [1.82, 2.24) is 9.80 Å². The molecule has 0 bridgehead atoms. The van der Waals surface area contributed by atoms with Crippen molar-refractivity contribution in [2.45, 2.75) is 27.7 Å². The molecule has 0 aromatic heterocycles. The first-order chi connectivity index (χ1) is 10.6. The van der Waals surface area contributed by atoms with Gasteiger partial charge in [0.15, 0.2) is 0 Å². The van der Waals surface area contributed by atoms with E-state index in [0.717, 1.165) is 39.3 Å². The summed E-state index contributed by atoms with van der Waals surface area (Å²) in [7, 11) is 0. The number of rotatable bonds is 5. The molecule has 0 atom stereocenters. The number of hydrogen-bond donors (Lipinski definition) is 0. The normalized spacial score (nSPS) is 15.9. The van der Waals surface area contributed by atoms with Gasteiger partial charge in [0, 0.05) is 45.0 Å². The number of amides is 1. The lowest BCUT2D eigenvalue weighted by molar-refractivity contribution is -0.132. The summed E-state index contributed by atoms with van der Waals surface area (Å²) < 4.78 is 0. The fraction of sp³-hybridized carbons (Fsp3) is 0.611. The monoisotopic (exact) mass is 303 g/mol. The Balaban J connectivity index is 1.90. The van der Waals surface area contributed by atoms with Crippen LogP contribution in [0.5, 0.6) is 0 Å². The zero-order valence-corrected chi connectivity index (χ0v) is 14.4. The molecule has 2 rings (SSSR count). The van der Waals surface area contributed by atoms with Gasteiger partial charge >= 0.3 is 0 Å². The first-order valence-corrected chi connectivity index (χ1v) is 8.38. The molecule has 122 valence electrons. The molecule has 1 saturated heterocycles. The summed E-state index contributed by atoms with van der Waals surface area (Å²) >= 11 is 0. The van der Waals surface area contributed by atoms with Gasteiger partial charge in [0.25, 0.3) is 0 Å². The highest BCUT2D eigenvalue weighted by Gasteiger charge is 2.21. The first-order valence-electron chi connectivity index (χ1n) is 8.38. The molecular weight excluding hydrogens is 274 g/mol. The number of anilines is 1. The van der Waals surface area contributed by atoms with Crippen molar-refractivity contribution in [1.29, 1.82) is 0 Å². The van der Waals surface area contributed by atoms with E-state index in [0.29, 0.717) is 6.54 Å². The minimum Gasteiger partial charge on any atom is -0.369 e. The fourth-order valence-electron chi connectivity index (χ4n) is 3.09. The summed E-state index contributed by atoms with van der Waals surface area (Å²) in [5, 5.41) is 0. The predicted molar refractivity (Wildman–Crippen MR) is 92.5 cm³/mol. The van der Waals surface area contributed by atoms with E-state index in [9.17, 15) is 4.79 Å². The lowest BCUT2D eigenvalue weighted by atomic mass is 10.1. The molecule has 1 fully saturated rings. The van der Waals surface area contributed by atoms with Crippen molar-refractivity contribution in [3.05, 3.63) is 29.3 Å². The predicted octanol–water partition coefficient (Wildman–Crippen LogP) is 2.29. The molecule has 1 heterocycles. The van der Waals surface area contributed by atoms with Crippen LogP contribution in [0, 0.1) is 13.8 Å². The van der Waals surface area contributed by atoms with E-state index in [1.165, 1.54) is 16.8 Å². The standard InChI is InChI=1S/C18H29N3O/c1-5-20(6-2)18(22)14-19-10-12-21(13-11-19)17-9-7-8-15(3)16(17)4/h7-9H,5-6,10-14H2,1-4H3. The summed E-state index contributed by atoms with van der Waals surface area (Å²) in [6.07, 6.45) is 0. The molecule has 4 heteroatoms. The van der Waals surface area contributed by atoms with Crippen LogP contribution in [-0.4, -0.2) is 61.5 Å². The van der Waals surface area contributed by atoms with Crippen LogP contribution in [0.1, 0.15) is 25.0 Å². The van der Waals surface area contributed by atoms with Gasteiger partial charge in [-0.1, -0.05) is 12.1 Å². The van der Waals surface area contributed by atoms with E-state index >= 15 is 0 Å². The SMILES string of the molecule is CCN(CC)C(=O)CN1CCN(c2cccc(C)c2C)CC1. The van der Waals surface area contributed by atoms with E-state index in [1.807, 2.05) is 18.7 Å². The van der Waals surface area contributed by atoms with E-state index in [1.54, 1.807) is 0 Å². The molecule has 0 spiro atoms. The van der Waals surface area contributed by atoms with E-state index in [4.69, 9.17) is 0 Å². The Bertz CT molecular complexity index is 503. The lowest BCUT2D eigenvalue weighted by Gasteiger charge is -2.37. The van der Waals surface area contributed by atoms with Gasteiger partial charge in [-0.2, -0.15) is 0 Å². The third-order valence-electron chi connectivity index (χ3n) is 4.76. The van der Waals surface area contributed by atoms with Gasteiger partial charge < -0.3 is 9.80 Å². The Kier molecular flexibility index (Phi) is 5.83. The van der Waals surface area contributed by atoms with Gasteiger partial charge in [-0.05, 0) is 44.9 Å². The molecule has 0 unspecified atom stereocenters. The molecule has 0 N–H and O–H groups in total. The van der Waals surface area contributed by atoms with Crippen molar-refractivity contribution < 1.29 is 4.79 Å². The summed E-state index contributed by atoms with van der Waals surface area (Å²) in [6.45, 7) is 14.5. The lowest BCUT2D eigenvalue weighted by Crippen LogP contribution is -2.50. The second-order valence-corrected chi connectivity index (χ2v) is 6.05. The minimum absolute atomic E-state index is 0.255. The molecular formula is C18H29N3O. The molecule has 0 aliphatic carbocycles. The second-order valence-electron chi connectivity index (χ2n) is 6.05. The number of likely N-dealkylation sites (N-methyl/N-ethyl adjacent to an activating group) is 1. The van der Waals surface area contributed by atoms with Crippen molar-refractivity contribution in [2.24, 2.45) is 0 Å². The maximum absolute atomic E-state index is 12.2. The number of nitrogens with zero attached hydrogens (tertiary/aromatic N) is 3. The Hall–Kier alpha value is -1.55. The van der Waals surface area contributed by atoms with Crippen LogP contribution in [0.2, 0.25) is 0 Å². The van der Waals surface area contributed by atoms with Crippen LogP contribution in [0.15, 0.2) is 18.2 Å². The van der Waals surface area contributed by atoms with Gasteiger partial charge in [-0.3, -0.25) is 9.69 Å². The van der Waals surface area contributed by atoms with Crippen LogP contribution in [0.25, 0.3) is 0 Å².